The molecule has 0 atom stereocenters. The standard InChI is InChI=1S/C21H19N7/c1-14(2)27-13-17(11-23-27)19-7-8-20-21(24-19)28(26-25-20)12-15-5-6-18-16(10-15)4-3-9-22-18/h3-11,13-14H,12H2,1-2H3. The summed E-state index contributed by atoms with van der Waals surface area (Å²) in [5.41, 5.74) is 5.51. The summed E-state index contributed by atoms with van der Waals surface area (Å²) >= 11 is 0. The Balaban J connectivity index is 1.52. The van der Waals surface area contributed by atoms with Gasteiger partial charge in [0.25, 0.3) is 0 Å². The first-order valence-electron chi connectivity index (χ1n) is 9.26. The van der Waals surface area contributed by atoms with E-state index < -0.39 is 0 Å². The maximum Gasteiger partial charge on any atom is 0.179 e. The summed E-state index contributed by atoms with van der Waals surface area (Å²) in [6.07, 6.45) is 5.67. The van der Waals surface area contributed by atoms with E-state index >= 15 is 0 Å². The van der Waals surface area contributed by atoms with Gasteiger partial charge in [0.05, 0.1) is 24.0 Å². The van der Waals surface area contributed by atoms with Crippen molar-refractivity contribution >= 4 is 22.1 Å². The van der Waals surface area contributed by atoms with Crippen molar-refractivity contribution in [3.8, 4) is 11.3 Å². The highest BCUT2D eigenvalue weighted by atomic mass is 15.4. The smallest absolute Gasteiger partial charge is 0.179 e. The summed E-state index contributed by atoms with van der Waals surface area (Å²) in [7, 11) is 0. The topological polar surface area (TPSA) is 74.3 Å². The van der Waals surface area contributed by atoms with Gasteiger partial charge in [-0.1, -0.05) is 17.3 Å². The molecule has 0 amide bonds. The van der Waals surface area contributed by atoms with Crippen LogP contribution in [0.1, 0.15) is 25.5 Å². The molecule has 7 nitrogen and oxygen atoms in total. The second-order valence-corrected chi connectivity index (χ2v) is 7.12. The van der Waals surface area contributed by atoms with E-state index in [9.17, 15) is 0 Å². The molecule has 0 saturated heterocycles. The number of hydrogen-bond acceptors (Lipinski definition) is 5. The third kappa shape index (κ3) is 2.90. The molecule has 0 unspecified atom stereocenters. The highest BCUT2D eigenvalue weighted by molar-refractivity contribution is 5.79. The molecule has 4 aromatic heterocycles. The molecule has 28 heavy (non-hydrogen) atoms. The van der Waals surface area contributed by atoms with Gasteiger partial charge in [-0.05, 0) is 49.7 Å². The van der Waals surface area contributed by atoms with Crippen LogP contribution in [0.25, 0.3) is 33.3 Å². The number of pyridine rings is 2. The van der Waals surface area contributed by atoms with Gasteiger partial charge in [-0.15, -0.1) is 5.10 Å². The Bertz CT molecular complexity index is 1280. The second kappa shape index (κ2) is 6.53. The van der Waals surface area contributed by atoms with Crippen molar-refractivity contribution in [2.45, 2.75) is 26.4 Å². The van der Waals surface area contributed by atoms with Gasteiger partial charge in [0.15, 0.2) is 5.65 Å². The minimum Gasteiger partial charge on any atom is -0.270 e. The Labute approximate surface area is 161 Å². The van der Waals surface area contributed by atoms with E-state index in [0.717, 1.165) is 38.9 Å². The first-order chi connectivity index (χ1) is 13.7. The summed E-state index contributed by atoms with van der Waals surface area (Å²) < 4.78 is 3.77. The predicted molar refractivity (Wildman–Crippen MR) is 108 cm³/mol. The van der Waals surface area contributed by atoms with Crippen molar-refractivity contribution in [1.82, 2.24) is 34.7 Å². The lowest BCUT2D eigenvalue weighted by Gasteiger charge is -2.05. The molecule has 0 aliphatic heterocycles. The van der Waals surface area contributed by atoms with Crippen LogP contribution in [0.2, 0.25) is 0 Å². The monoisotopic (exact) mass is 369 g/mol. The average molecular weight is 369 g/mol. The zero-order valence-corrected chi connectivity index (χ0v) is 15.7. The molecule has 0 aliphatic carbocycles. The zero-order valence-electron chi connectivity index (χ0n) is 15.7. The molecule has 7 heteroatoms. The van der Waals surface area contributed by atoms with Crippen LogP contribution in [-0.2, 0) is 6.54 Å². The molecule has 138 valence electrons. The molecule has 1 aromatic carbocycles. The minimum absolute atomic E-state index is 0.312. The largest absolute Gasteiger partial charge is 0.270 e. The van der Waals surface area contributed by atoms with Crippen molar-refractivity contribution in [2.75, 3.05) is 0 Å². The van der Waals surface area contributed by atoms with E-state index in [-0.39, 0.29) is 0 Å². The zero-order chi connectivity index (χ0) is 19.1. The van der Waals surface area contributed by atoms with Crippen molar-refractivity contribution in [2.24, 2.45) is 0 Å². The molecule has 5 rings (SSSR count). The van der Waals surface area contributed by atoms with Gasteiger partial charge in [0, 0.05) is 29.4 Å². The molecule has 0 N–H and O–H groups in total. The van der Waals surface area contributed by atoms with Crippen molar-refractivity contribution in [3.63, 3.8) is 0 Å². The number of nitrogens with zero attached hydrogens (tertiary/aromatic N) is 7. The second-order valence-electron chi connectivity index (χ2n) is 7.12. The summed E-state index contributed by atoms with van der Waals surface area (Å²) in [5.74, 6) is 0. The van der Waals surface area contributed by atoms with Gasteiger partial charge in [0.1, 0.15) is 5.52 Å². The number of aromatic nitrogens is 7. The molecule has 0 radical (unpaired) electrons. The van der Waals surface area contributed by atoms with E-state index in [1.165, 1.54) is 0 Å². The average Bonchev–Trinajstić information content (AvgIpc) is 3.35. The van der Waals surface area contributed by atoms with E-state index in [0.29, 0.717) is 12.6 Å². The first kappa shape index (κ1) is 16.6. The third-order valence-electron chi connectivity index (χ3n) is 4.79. The molecule has 0 spiro atoms. The lowest BCUT2D eigenvalue weighted by Crippen LogP contribution is -2.03. The maximum absolute atomic E-state index is 4.81. The molecule has 0 saturated carbocycles. The van der Waals surface area contributed by atoms with Crippen molar-refractivity contribution < 1.29 is 0 Å². The number of hydrogen-bond donors (Lipinski definition) is 0. The summed E-state index contributed by atoms with van der Waals surface area (Å²) in [6.45, 7) is 4.81. The molecular formula is C21H19N7. The number of rotatable bonds is 4. The van der Waals surface area contributed by atoms with Gasteiger partial charge in [-0.3, -0.25) is 9.67 Å². The highest BCUT2D eigenvalue weighted by Crippen LogP contribution is 2.21. The van der Waals surface area contributed by atoms with Gasteiger partial charge in [0.2, 0.25) is 0 Å². The number of benzene rings is 1. The third-order valence-corrected chi connectivity index (χ3v) is 4.79. The fourth-order valence-electron chi connectivity index (χ4n) is 3.27. The van der Waals surface area contributed by atoms with Crippen LogP contribution in [0.4, 0.5) is 0 Å². The Kier molecular flexibility index (Phi) is 3.86. The van der Waals surface area contributed by atoms with Crippen molar-refractivity contribution in [3.05, 3.63) is 66.6 Å². The van der Waals surface area contributed by atoms with Crippen LogP contribution in [0.3, 0.4) is 0 Å². The van der Waals surface area contributed by atoms with Crippen LogP contribution in [-0.4, -0.2) is 34.7 Å². The van der Waals surface area contributed by atoms with E-state index in [2.05, 4.69) is 52.4 Å². The van der Waals surface area contributed by atoms with Crippen LogP contribution >= 0.6 is 0 Å². The Morgan fingerprint density at radius 3 is 2.79 bits per heavy atom. The summed E-state index contributed by atoms with van der Waals surface area (Å²) in [5, 5.41) is 14.1. The SMILES string of the molecule is CC(C)n1cc(-c2ccc3nnn(Cc4ccc5ncccc5c4)c3n2)cn1. The molecule has 0 bridgehead atoms. The van der Waals surface area contributed by atoms with Crippen LogP contribution < -0.4 is 0 Å². The lowest BCUT2D eigenvalue weighted by atomic mass is 10.1. The van der Waals surface area contributed by atoms with Crippen LogP contribution in [0.5, 0.6) is 0 Å². The summed E-state index contributed by atoms with van der Waals surface area (Å²) in [4.78, 5) is 9.18. The van der Waals surface area contributed by atoms with Crippen LogP contribution in [0.15, 0.2) is 61.1 Å². The van der Waals surface area contributed by atoms with Gasteiger partial charge >= 0.3 is 0 Å². The molecule has 4 heterocycles. The normalized spacial score (nSPS) is 11.7. The first-order valence-corrected chi connectivity index (χ1v) is 9.26. The lowest BCUT2D eigenvalue weighted by molar-refractivity contribution is 0.532. The minimum atomic E-state index is 0.312. The van der Waals surface area contributed by atoms with Crippen LogP contribution in [0, 0.1) is 0 Å². The quantitative estimate of drug-likeness (QED) is 0.481. The highest BCUT2D eigenvalue weighted by Gasteiger charge is 2.11. The van der Waals surface area contributed by atoms with E-state index in [4.69, 9.17) is 4.98 Å². The van der Waals surface area contributed by atoms with E-state index in [1.807, 2.05) is 46.0 Å². The molecule has 5 aromatic rings. The fraction of sp³-hybridized carbons (Fsp3) is 0.190. The van der Waals surface area contributed by atoms with Crippen molar-refractivity contribution in [1.29, 1.82) is 0 Å². The van der Waals surface area contributed by atoms with Gasteiger partial charge < -0.3 is 0 Å². The fourth-order valence-corrected chi connectivity index (χ4v) is 3.27. The molecular weight excluding hydrogens is 350 g/mol. The Hall–Kier alpha value is -3.61. The molecule has 0 aliphatic rings. The predicted octanol–water partition coefficient (Wildman–Crippen LogP) is 3.87. The Morgan fingerprint density at radius 2 is 1.93 bits per heavy atom. The Morgan fingerprint density at radius 1 is 1.04 bits per heavy atom. The van der Waals surface area contributed by atoms with Gasteiger partial charge in [-0.25, -0.2) is 9.67 Å². The van der Waals surface area contributed by atoms with E-state index in [1.54, 1.807) is 6.20 Å². The maximum atomic E-state index is 4.81. The van der Waals surface area contributed by atoms with Gasteiger partial charge in [-0.2, -0.15) is 5.10 Å². The molecule has 0 fully saturated rings. The number of fused-ring (bicyclic) bond motifs is 2. The summed E-state index contributed by atoms with van der Waals surface area (Å²) in [6, 6.07) is 14.5.